The zero-order chi connectivity index (χ0) is 18.5. The summed E-state index contributed by atoms with van der Waals surface area (Å²) in [4.78, 5) is 4.83. The summed E-state index contributed by atoms with van der Waals surface area (Å²) in [5, 5.41) is 3.38. The van der Waals surface area contributed by atoms with Crippen molar-refractivity contribution in [1.82, 2.24) is 0 Å². The Morgan fingerprint density at radius 1 is 0.920 bits per heavy atom. The van der Waals surface area contributed by atoms with Crippen LogP contribution in [0.1, 0.15) is 16.7 Å². The zero-order valence-electron chi connectivity index (χ0n) is 12.4. The van der Waals surface area contributed by atoms with E-state index in [4.69, 9.17) is 4.84 Å². The van der Waals surface area contributed by atoms with Gasteiger partial charge in [0, 0.05) is 5.56 Å². The molecule has 1 radical (unpaired) electrons. The van der Waals surface area contributed by atoms with Gasteiger partial charge in [0.25, 0.3) is 0 Å². The Morgan fingerprint density at radius 3 is 2.32 bits per heavy atom. The summed E-state index contributed by atoms with van der Waals surface area (Å²) in [6, 6.07) is 9.31. The number of ether oxygens (including phenoxy) is 1. The molecule has 0 saturated carbocycles. The van der Waals surface area contributed by atoms with Crippen LogP contribution in [-0.2, 0) is 17.6 Å². The van der Waals surface area contributed by atoms with Crippen LogP contribution in [0.2, 0.25) is 0 Å². The number of benzene rings is 2. The first kappa shape index (κ1) is 18.6. The van der Waals surface area contributed by atoms with Gasteiger partial charge in [0.2, 0.25) is 0 Å². The van der Waals surface area contributed by atoms with E-state index in [1.165, 1.54) is 24.3 Å². The van der Waals surface area contributed by atoms with E-state index >= 15 is 0 Å². The topological polar surface area (TPSA) is 30.8 Å². The van der Waals surface area contributed by atoms with Gasteiger partial charge in [0.15, 0.2) is 0 Å². The molecule has 9 heteroatoms. The van der Waals surface area contributed by atoms with E-state index in [2.05, 4.69) is 16.1 Å². The highest BCUT2D eigenvalue weighted by atomic mass is 19.4. The average Bonchev–Trinajstić information content (AvgIpc) is 2.50. The van der Waals surface area contributed by atoms with Crippen LogP contribution >= 0.6 is 0 Å². The van der Waals surface area contributed by atoms with Crippen molar-refractivity contribution in [2.24, 2.45) is 5.16 Å². The van der Waals surface area contributed by atoms with E-state index in [0.717, 1.165) is 24.3 Å². The van der Waals surface area contributed by atoms with Gasteiger partial charge in [-0.3, -0.25) is 0 Å². The van der Waals surface area contributed by atoms with Gasteiger partial charge in [-0.1, -0.05) is 29.4 Å². The van der Waals surface area contributed by atoms with E-state index in [-0.39, 0.29) is 12.2 Å². The predicted molar refractivity (Wildman–Crippen MR) is 75.9 cm³/mol. The highest BCUT2D eigenvalue weighted by Gasteiger charge is 2.31. The average molecular weight is 362 g/mol. The van der Waals surface area contributed by atoms with Gasteiger partial charge in [-0.2, -0.15) is 13.2 Å². The van der Waals surface area contributed by atoms with Gasteiger partial charge >= 0.3 is 12.5 Å². The molecule has 0 aliphatic carbocycles. The molecular formula is C16H10F6NO2. The Bertz CT molecular complexity index is 740. The fraction of sp³-hybridized carbons (Fsp3) is 0.188. The van der Waals surface area contributed by atoms with Crippen LogP contribution in [0.3, 0.4) is 0 Å². The SMILES string of the molecule is FC(F)(F)Oc1cccc(CON=[C]c2cccc(C(F)(F)F)c2)c1. The molecule has 3 nitrogen and oxygen atoms in total. The molecule has 0 saturated heterocycles. The lowest BCUT2D eigenvalue weighted by atomic mass is 10.1. The molecule has 2 aromatic rings. The Morgan fingerprint density at radius 2 is 1.64 bits per heavy atom. The second kappa shape index (κ2) is 7.45. The minimum atomic E-state index is -4.81. The summed E-state index contributed by atoms with van der Waals surface area (Å²) in [5.74, 6) is -0.417. The third-order valence-electron chi connectivity index (χ3n) is 2.79. The molecule has 0 spiro atoms. The summed E-state index contributed by atoms with van der Waals surface area (Å²) >= 11 is 0. The monoisotopic (exact) mass is 362 g/mol. The lowest BCUT2D eigenvalue weighted by Gasteiger charge is -2.09. The molecule has 2 rings (SSSR count). The molecule has 0 atom stereocenters. The molecule has 0 aliphatic heterocycles. The first-order valence-corrected chi connectivity index (χ1v) is 6.73. The first-order chi connectivity index (χ1) is 11.6. The second-order valence-corrected chi connectivity index (χ2v) is 4.75. The summed E-state index contributed by atoms with van der Waals surface area (Å²) in [6.07, 6.45) is -7.03. The molecule has 0 aliphatic rings. The van der Waals surface area contributed by atoms with E-state index in [1.54, 1.807) is 0 Å². The third-order valence-corrected chi connectivity index (χ3v) is 2.79. The van der Waals surface area contributed by atoms with Gasteiger partial charge in [-0.05, 0) is 29.8 Å². The normalized spacial score (nSPS) is 12.4. The Labute approximate surface area is 138 Å². The van der Waals surface area contributed by atoms with Crippen LogP contribution in [0.15, 0.2) is 53.7 Å². The molecule has 0 amide bonds. The van der Waals surface area contributed by atoms with Crippen molar-refractivity contribution in [3.8, 4) is 5.75 Å². The van der Waals surface area contributed by atoms with E-state index in [9.17, 15) is 26.3 Å². The van der Waals surface area contributed by atoms with Crippen LogP contribution in [0.4, 0.5) is 26.3 Å². The maximum atomic E-state index is 12.6. The number of hydrogen-bond donors (Lipinski definition) is 0. The molecule has 0 N–H and O–H groups in total. The number of nitrogens with zero attached hydrogens (tertiary/aromatic N) is 1. The number of halogens is 6. The maximum absolute atomic E-state index is 12.6. The van der Waals surface area contributed by atoms with Crippen molar-refractivity contribution in [3.05, 3.63) is 65.2 Å². The fourth-order valence-corrected chi connectivity index (χ4v) is 1.79. The first-order valence-electron chi connectivity index (χ1n) is 6.73. The van der Waals surface area contributed by atoms with Gasteiger partial charge in [0.05, 0.1) is 5.56 Å². The predicted octanol–water partition coefficient (Wildman–Crippen LogP) is 5.03. The lowest BCUT2D eigenvalue weighted by molar-refractivity contribution is -0.274. The fourth-order valence-electron chi connectivity index (χ4n) is 1.79. The van der Waals surface area contributed by atoms with Crippen LogP contribution in [0, 0.1) is 0 Å². The van der Waals surface area contributed by atoms with Crippen molar-refractivity contribution < 1.29 is 35.9 Å². The Hall–Kier alpha value is -2.71. The minimum Gasteiger partial charge on any atom is -0.406 e. The Kier molecular flexibility index (Phi) is 5.55. The molecule has 0 bridgehead atoms. The highest BCUT2D eigenvalue weighted by molar-refractivity contribution is 5.79. The zero-order valence-corrected chi connectivity index (χ0v) is 12.4. The van der Waals surface area contributed by atoms with Crippen LogP contribution in [0.5, 0.6) is 5.75 Å². The van der Waals surface area contributed by atoms with E-state index in [1.807, 2.05) is 0 Å². The molecule has 25 heavy (non-hydrogen) atoms. The summed E-state index contributed by atoms with van der Waals surface area (Å²) < 4.78 is 77.8. The molecule has 0 unspecified atom stereocenters. The standard InChI is InChI=1S/C16H10F6NO2/c17-15(18,19)13-5-1-3-11(7-13)9-23-24-10-12-4-2-6-14(8-12)25-16(20,21)22/h1-8H,10H2. The smallest absolute Gasteiger partial charge is 0.406 e. The van der Waals surface area contributed by atoms with Crippen LogP contribution < -0.4 is 4.74 Å². The maximum Gasteiger partial charge on any atom is 0.573 e. The summed E-state index contributed by atoms with van der Waals surface area (Å²) in [5.41, 5.74) is -0.481. The number of hydrogen-bond acceptors (Lipinski definition) is 3. The number of rotatable bonds is 5. The summed E-state index contributed by atoms with van der Waals surface area (Å²) in [7, 11) is 0. The highest BCUT2D eigenvalue weighted by Crippen LogP contribution is 2.29. The lowest BCUT2D eigenvalue weighted by Crippen LogP contribution is -2.17. The van der Waals surface area contributed by atoms with Gasteiger partial charge < -0.3 is 9.57 Å². The quantitative estimate of drug-likeness (QED) is 0.424. The van der Waals surface area contributed by atoms with Crippen LogP contribution in [0.25, 0.3) is 0 Å². The molecule has 0 aromatic heterocycles. The molecule has 2 aromatic carbocycles. The van der Waals surface area contributed by atoms with E-state index in [0.29, 0.717) is 5.56 Å². The van der Waals surface area contributed by atoms with Crippen molar-refractivity contribution in [2.75, 3.05) is 0 Å². The van der Waals surface area contributed by atoms with E-state index < -0.39 is 23.9 Å². The third kappa shape index (κ3) is 6.36. The summed E-state index contributed by atoms with van der Waals surface area (Å²) in [6.45, 7) is -0.207. The molecule has 0 heterocycles. The molecule has 0 fully saturated rings. The van der Waals surface area contributed by atoms with Crippen LogP contribution in [-0.4, -0.2) is 12.6 Å². The second-order valence-electron chi connectivity index (χ2n) is 4.75. The molecular weight excluding hydrogens is 352 g/mol. The largest absolute Gasteiger partial charge is 0.573 e. The van der Waals surface area contributed by atoms with Crippen molar-refractivity contribution in [1.29, 1.82) is 0 Å². The minimum absolute atomic E-state index is 0.0454. The van der Waals surface area contributed by atoms with Gasteiger partial charge in [0.1, 0.15) is 18.6 Å². The Balaban J connectivity index is 1.95. The van der Waals surface area contributed by atoms with Gasteiger partial charge in [-0.25, -0.2) is 0 Å². The van der Waals surface area contributed by atoms with Crippen molar-refractivity contribution in [3.63, 3.8) is 0 Å². The molecule has 133 valence electrons. The van der Waals surface area contributed by atoms with Crippen molar-refractivity contribution in [2.45, 2.75) is 19.1 Å². The van der Waals surface area contributed by atoms with Gasteiger partial charge in [-0.15, -0.1) is 13.2 Å². The number of alkyl halides is 6. The van der Waals surface area contributed by atoms with Crippen molar-refractivity contribution >= 4 is 6.21 Å².